The molecule has 4 rings (SSSR count). The maximum Gasteiger partial charge on any atom is 0.294 e. The van der Waals surface area contributed by atoms with Crippen molar-refractivity contribution in [1.82, 2.24) is 0 Å². The van der Waals surface area contributed by atoms with Crippen molar-refractivity contribution in [3.8, 4) is 0 Å². The summed E-state index contributed by atoms with van der Waals surface area (Å²) in [5, 5.41) is 10.7. The van der Waals surface area contributed by atoms with E-state index in [4.69, 9.17) is 0 Å². The van der Waals surface area contributed by atoms with E-state index in [0.29, 0.717) is 11.3 Å². The van der Waals surface area contributed by atoms with E-state index in [1.165, 1.54) is 17.0 Å². The number of rotatable bonds is 3. The molecule has 1 heterocycles. The fourth-order valence-electron chi connectivity index (χ4n) is 3.38. The summed E-state index contributed by atoms with van der Waals surface area (Å²) in [6.07, 6.45) is 0. The molecule has 0 bridgehead atoms. The summed E-state index contributed by atoms with van der Waals surface area (Å²) in [6, 6.07) is 22.1. The molecule has 134 valence electrons. The predicted molar refractivity (Wildman–Crippen MR) is 107 cm³/mol. The van der Waals surface area contributed by atoms with E-state index in [9.17, 15) is 14.3 Å². The number of nitrogens with zero attached hydrogens (tertiary/aromatic N) is 1. The molecule has 5 heteroatoms. The van der Waals surface area contributed by atoms with Gasteiger partial charge in [-0.05, 0) is 47.5 Å². The predicted octanol–water partition coefficient (Wildman–Crippen LogP) is 5.65. The molecule has 0 aliphatic carbocycles. The number of anilines is 1. The second-order valence-electron chi connectivity index (χ2n) is 6.24. The fourth-order valence-corrected chi connectivity index (χ4v) is 3.79. The van der Waals surface area contributed by atoms with Crippen molar-refractivity contribution in [2.75, 3.05) is 4.90 Å². The number of halogens is 2. The maximum absolute atomic E-state index is 13.4. The molecule has 0 radical (unpaired) electrons. The second-order valence-corrected chi connectivity index (χ2v) is 7.15. The van der Waals surface area contributed by atoms with Crippen LogP contribution in [0.3, 0.4) is 0 Å². The first-order valence-electron chi connectivity index (χ1n) is 8.39. The van der Waals surface area contributed by atoms with Gasteiger partial charge in [-0.15, -0.1) is 0 Å². The normalized spacial score (nSPS) is 16.9. The van der Waals surface area contributed by atoms with Crippen LogP contribution >= 0.6 is 15.9 Å². The molecular formula is C22H15BrFNO2. The van der Waals surface area contributed by atoms with Crippen molar-refractivity contribution in [3.05, 3.63) is 106 Å². The van der Waals surface area contributed by atoms with E-state index < -0.39 is 11.9 Å². The highest BCUT2D eigenvalue weighted by Crippen LogP contribution is 2.45. The highest BCUT2D eigenvalue weighted by molar-refractivity contribution is 9.10. The zero-order chi connectivity index (χ0) is 19.0. The minimum atomic E-state index is -0.525. The van der Waals surface area contributed by atoms with Gasteiger partial charge in [0.15, 0.2) is 5.76 Å². The zero-order valence-electron chi connectivity index (χ0n) is 14.1. The standard InChI is InChI=1S/C22H15BrFNO2/c23-16-8-4-7-15(13-16)20-19(14-5-2-1-3-6-14)21(26)22(27)25(20)18-11-9-17(24)10-12-18/h1-13,20,26H. The molecule has 3 nitrogen and oxygen atoms in total. The van der Waals surface area contributed by atoms with Gasteiger partial charge in [0, 0.05) is 15.7 Å². The summed E-state index contributed by atoms with van der Waals surface area (Å²) in [7, 11) is 0. The lowest BCUT2D eigenvalue weighted by Gasteiger charge is -2.27. The van der Waals surface area contributed by atoms with Crippen LogP contribution in [0.15, 0.2) is 89.1 Å². The van der Waals surface area contributed by atoms with E-state index in [1.54, 1.807) is 12.1 Å². The molecule has 1 unspecified atom stereocenters. The number of hydrogen-bond donors (Lipinski definition) is 1. The Kier molecular flexibility index (Phi) is 4.54. The number of carbonyl (C=O) groups excluding carboxylic acids is 1. The van der Waals surface area contributed by atoms with Gasteiger partial charge in [0.25, 0.3) is 5.91 Å². The fraction of sp³-hybridized carbons (Fsp3) is 0.0455. The van der Waals surface area contributed by atoms with E-state index in [0.717, 1.165) is 15.6 Å². The lowest BCUT2D eigenvalue weighted by atomic mass is 9.93. The average molecular weight is 424 g/mol. The zero-order valence-corrected chi connectivity index (χ0v) is 15.7. The SMILES string of the molecule is O=C1C(O)=C(c2ccccc2)C(c2cccc(Br)c2)N1c1ccc(F)cc1. The summed E-state index contributed by atoms with van der Waals surface area (Å²) in [6.45, 7) is 0. The Bertz CT molecular complexity index is 1030. The third-order valence-electron chi connectivity index (χ3n) is 4.56. The van der Waals surface area contributed by atoms with Crippen molar-refractivity contribution in [2.24, 2.45) is 0 Å². The second kappa shape index (κ2) is 7.00. The van der Waals surface area contributed by atoms with Crippen LogP contribution in [0.4, 0.5) is 10.1 Å². The molecule has 0 saturated carbocycles. The Hall–Kier alpha value is -2.92. The lowest BCUT2D eigenvalue weighted by Crippen LogP contribution is -2.30. The van der Waals surface area contributed by atoms with Crippen molar-refractivity contribution in [3.63, 3.8) is 0 Å². The molecule has 27 heavy (non-hydrogen) atoms. The van der Waals surface area contributed by atoms with Crippen LogP contribution in [-0.4, -0.2) is 11.0 Å². The Balaban J connectivity index is 1.92. The van der Waals surface area contributed by atoms with Crippen molar-refractivity contribution in [1.29, 1.82) is 0 Å². The Morgan fingerprint density at radius 3 is 2.30 bits per heavy atom. The maximum atomic E-state index is 13.4. The third-order valence-corrected chi connectivity index (χ3v) is 5.06. The molecule has 0 fully saturated rings. The van der Waals surface area contributed by atoms with Gasteiger partial charge >= 0.3 is 0 Å². The summed E-state index contributed by atoms with van der Waals surface area (Å²) in [5.74, 6) is -1.19. The first-order chi connectivity index (χ1) is 13.1. The van der Waals surface area contributed by atoms with Gasteiger partial charge in [0.05, 0.1) is 6.04 Å². The topological polar surface area (TPSA) is 40.5 Å². The Morgan fingerprint density at radius 2 is 1.63 bits per heavy atom. The highest BCUT2D eigenvalue weighted by Gasteiger charge is 2.41. The molecule has 1 aliphatic heterocycles. The summed E-state index contributed by atoms with van der Waals surface area (Å²) < 4.78 is 14.3. The van der Waals surface area contributed by atoms with Crippen molar-refractivity contribution >= 4 is 33.1 Å². The van der Waals surface area contributed by atoms with Crippen molar-refractivity contribution < 1.29 is 14.3 Å². The van der Waals surface area contributed by atoms with Gasteiger partial charge in [-0.25, -0.2) is 4.39 Å². The van der Waals surface area contributed by atoms with Gasteiger partial charge in [0.2, 0.25) is 0 Å². The van der Waals surface area contributed by atoms with Crippen LogP contribution in [-0.2, 0) is 4.79 Å². The first-order valence-corrected chi connectivity index (χ1v) is 9.18. The van der Waals surface area contributed by atoms with Crippen molar-refractivity contribution in [2.45, 2.75) is 6.04 Å². The van der Waals surface area contributed by atoms with E-state index >= 15 is 0 Å². The molecule has 0 saturated heterocycles. The van der Waals surface area contributed by atoms with Gasteiger partial charge in [-0.3, -0.25) is 9.69 Å². The minimum Gasteiger partial charge on any atom is -0.503 e. The number of aliphatic hydroxyl groups excluding tert-OH is 1. The molecule has 3 aromatic carbocycles. The summed E-state index contributed by atoms with van der Waals surface area (Å²) in [5.41, 5.74) is 2.65. The van der Waals surface area contributed by atoms with Crippen LogP contribution in [0.1, 0.15) is 17.2 Å². The number of aliphatic hydroxyl groups is 1. The summed E-state index contributed by atoms with van der Waals surface area (Å²) >= 11 is 3.47. The molecule has 0 aromatic heterocycles. The summed E-state index contributed by atoms with van der Waals surface area (Å²) in [4.78, 5) is 14.5. The van der Waals surface area contributed by atoms with E-state index in [1.807, 2.05) is 54.6 Å². The number of carbonyl (C=O) groups is 1. The molecule has 1 atom stereocenters. The van der Waals surface area contributed by atoms with E-state index in [2.05, 4.69) is 15.9 Å². The van der Waals surface area contributed by atoms with Crippen LogP contribution in [0.25, 0.3) is 5.57 Å². The van der Waals surface area contributed by atoms with Gasteiger partial charge < -0.3 is 5.11 Å². The molecule has 0 spiro atoms. The highest BCUT2D eigenvalue weighted by atomic mass is 79.9. The van der Waals surface area contributed by atoms with Crippen LogP contribution in [0.2, 0.25) is 0 Å². The van der Waals surface area contributed by atoms with Crippen LogP contribution < -0.4 is 4.90 Å². The largest absolute Gasteiger partial charge is 0.503 e. The Labute approximate surface area is 164 Å². The van der Waals surface area contributed by atoms with Crippen LogP contribution in [0.5, 0.6) is 0 Å². The molecule has 1 aliphatic rings. The number of amides is 1. The van der Waals surface area contributed by atoms with Gasteiger partial charge in [0.1, 0.15) is 5.82 Å². The van der Waals surface area contributed by atoms with Crippen LogP contribution in [0, 0.1) is 5.82 Å². The number of hydrogen-bond acceptors (Lipinski definition) is 2. The molecule has 3 aromatic rings. The molecule has 1 amide bonds. The van der Waals surface area contributed by atoms with Gasteiger partial charge in [-0.2, -0.15) is 0 Å². The molecule has 1 N–H and O–H groups in total. The number of benzene rings is 3. The minimum absolute atomic E-state index is 0.296. The smallest absolute Gasteiger partial charge is 0.294 e. The first kappa shape index (κ1) is 17.5. The average Bonchev–Trinajstić information content (AvgIpc) is 2.94. The third kappa shape index (κ3) is 3.15. The Morgan fingerprint density at radius 1 is 0.926 bits per heavy atom. The van der Waals surface area contributed by atoms with E-state index in [-0.39, 0.29) is 11.6 Å². The molecular weight excluding hydrogens is 409 g/mol. The monoisotopic (exact) mass is 423 g/mol. The van der Waals surface area contributed by atoms with Gasteiger partial charge in [-0.1, -0.05) is 58.4 Å². The lowest BCUT2D eigenvalue weighted by molar-refractivity contribution is -0.117. The quantitative estimate of drug-likeness (QED) is 0.591.